The molecule has 3 heteroatoms. The highest BCUT2D eigenvalue weighted by atomic mass is 19.1. The SMILES string of the molecule is O=C1NC[C@H](c2ccccc2F)C12CCC2. The van der Waals surface area contributed by atoms with Crippen molar-refractivity contribution in [1.82, 2.24) is 5.32 Å². The lowest BCUT2D eigenvalue weighted by Gasteiger charge is -2.40. The number of carbonyl (C=O) groups is 1. The molecule has 1 saturated carbocycles. The quantitative estimate of drug-likeness (QED) is 0.771. The van der Waals surface area contributed by atoms with Crippen molar-refractivity contribution in [2.45, 2.75) is 25.2 Å². The minimum absolute atomic E-state index is 0.0231. The maximum absolute atomic E-state index is 13.7. The van der Waals surface area contributed by atoms with Gasteiger partial charge in [-0.05, 0) is 24.5 Å². The van der Waals surface area contributed by atoms with Gasteiger partial charge in [0.05, 0.1) is 5.41 Å². The van der Waals surface area contributed by atoms with E-state index in [1.165, 1.54) is 6.07 Å². The number of amides is 1. The summed E-state index contributed by atoms with van der Waals surface area (Å²) in [4.78, 5) is 11.8. The van der Waals surface area contributed by atoms with Crippen molar-refractivity contribution in [3.8, 4) is 0 Å². The number of hydrogen-bond donors (Lipinski definition) is 1. The lowest BCUT2D eigenvalue weighted by atomic mass is 9.60. The maximum atomic E-state index is 13.7. The Balaban J connectivity index is 2.02. The van der Waals surface area contributed by atoms with E-state index in [9.17, 15) is 9.18 Å². The molecule has 1 saturated heterocycles. The highest BCUT2D eigenvalue weighted by Crippen LogP contribution is 2.54. The van der Waals surface area contributed by atoms with Crippen LogP contribution in [-0.4, -0.2) is 12.5 Å². The topological polar surface area (TPSA) is 29.1 Å². The Morgan fingerprint density at radius 3 is 2.69 bits per heavy atom. The van der Waals surface area contributed by atoms with Crippen molar-refractivity contribution in [2.75, 3.05) is 6.54 Å². The first-order valence-electron chi connectivity index (χ1n) is 5.77. The maximum Gasteiger partial charge on any atom is 0.226 e. The minimum atomic E-state index is -0.303. The van der Waals surface area contributed by atoms with E-state index in [1.807, 2.05) is 6.07 Å². The van der Waals surface area contributed by atoms with Crippen molar-refractivity contribution < 1.29 is 9.18 Å². The van der Waals surface area contributed by atoms with Crippen LogP contribution in [0, 0.1) is 11.2 Å². The minimum Gasteiger partial charge on any atom is -0.355 e. The highest BCUT2D eigenvalue weighted by Gasteiger charge is 2.54. The number of rotatable bonds is 1. The summed E-state index contributed by atoms with van der Waals surface area (Å²) in [6, 6.07) is 6.81. The predicted octanol–water partition coefficient (Wildman–Crippen LogP) is 2.21. The van der Waals surface area contributed by atoms with Crippen molar-refractivity contribution in [2.24, 2.45) is 5.41 Å². The first kappa shape index (κ1) is 9.82. The molecule has 1 aromatic rings. The van der Waals surface area contributed by atoms with Crippen LogP contribution in [0.2, 0.25) is 0 Å². The van der Waals surface area contributed by atoms with Gasteiger partial charge in [0.25, 0.3) is 0 Å². The fourth-order valence-corrected chi connectivity index (χ4v) is 3.02. The molecule has 0 radical (unpaired) electrons. The van der Waals surface area contributed by atoms with E-state index in [0.717, 1.165) is 19.3 Å². The van der Waals surface area contributed by atoms with Crippen molar-refractivity contribution in [3.05, 3.63) is 35.6 Å². The van der Waals surface area contributed by atoms with E-state index in [-0.39, 0.29) is 23.1 Å². The Hall–Kier alpha value is -1.38. The van der Waals surface area contributed by atoms with Crippen LogP contribution in [0.1, 0.15) is 30.7 Å². The van der Waals surface area contributed by atoms with Gasteiger partial charge in [0.1, 0.15) is 5.82 Å². The van der Waals surface area contributed by atoms with Crippen LogP contribution in [0.25, 0.3) is 0 Å². The molecule has 1 aliphatic carbocycles. The van der Waals surface area contributed by atoms with Gasteiger partial charge in [-0.15, -0.1) is 0 Å². The molecule has 3 rings (SSSR count). The van der Waals surface area contributed by atoms with Crippen LogP contribution in [0.15, 0.2) is 24.3 Å². The van der Waals surface area contributed by atoms with E-state index in [1.54, 1.807) is 12.1 Å². The van der Waals surface area contributed by atoms with E-state index >= 15 is 0 Å². The van der Waals surface area contributed by atoms with Gasteiger partial charge in [0, 0.05) is 12.5 Å². The molecular weight excluding hydrogens is 205 g/mol. The Kier molecular flexibility index (Phi) is 2.03. The lowest BCUT2D eigenvalue weighted by molar-refractivity contribution is -0.132. The number of carbonyl (C=O) groups excluding carboxylic acids is 1. The number of halogens is 1. The molecule has 2 nitrogen and oxygen atoms in total. The summed E-state index contributed by atoms with van der Waals surface area (Å²) in [5.41, 5.74) is 0.392. The zero-order valence-electron chi connectivity index (χ0n) is 9.00. The molecule has 84 valence electrons. The molecule has 2 aliphatic rings. The van der Waals surface area contributed by atoms with Crippen LogP contribution < -0.4 is 5.32 Å². The molecule has 0 unspecified atom stereocenters. The Labute approximate surface area is 93.9 Å². The van der Waals surface area contributed by atoms with Gasteiger partial charge in [0.15, 0.2) is 0 Å². The normalized spacial score (nSPS) is 26.6. The first-order valence-corrected chi connectivity index (χ1v) is 5.77. The summed E-state index contributed by atoms with van der Waals surface area (Å²) in [6.45, 7) is 0.583. The highest BCUT2D eigenvalue weighted by molar-refractivity contribution is 5.87. The van der Waals surface area contributed by atoms with E-state index in [0.29, 0.717) is 12.1 Å². The van der Waals surface area contributed by atoms with E-state index in [2.05, 4.69) is 5.32 Å². The largest absolute Gasteiger partial charge is 0.355 e. The number of nitrogens with one attached hydrogen (secondary N) is 1. The van der Waals surface area contributed by atoms with Gasteiger partial charge in [-0.2, -0.15) is 0 Å². The molecule has 1 amide bonds. The van der Waals surface area contributed by atoms with Gasteiger partial charge < -0.3 is 5.32 Å². The van der Waals surface area contributed by atoms with Crippen LogP contribution in [0.5, 0.6) is 0 Å². The molecular formula is C13H14FNO. The smallest absolute Gasteiger partial charge is 0.226 e. The Bertz CT molecular complexity index is 439. The molecule has 0 bridgehead atoms. The predicted molar refractivity (Wildman–Crippen MR) is 58.4 cm³/mol. The summed E-state index contributed by atoms with van der Waals surface area (Å²) < 4.78 is 13.7. The van der Waals surface area contributed by atoms with Crippen LogP contribution in [0.4, 0.5) is 4.39 Å². The van der Waals surface area contributed by atoms with E-state index < -0.39 is 0 Å². The lowest BCUT2D eigenvalue weighted by Crippen LogP contribution is -2.40. The second kappa shape index (κ2) is 3.30. The molecule has 1 heterocycles. The third kappa shape index (κ3) is 1.14. The molecule has 1 spiro atoms. The molecule has 1 N–H and O–H groups in total. The summed E-state index contributed by atoms with van der Waals surface area (Å²) in [5.74, 6) is -0.0442. The molecule has 1 atom stereocenters. The van der Waals surface area contributed by atoms with Crippen LogP contribution in [0.3, 0.4) is 0 Å². The Morgan fingerprint density at radius 1 is 1.31 bits per heavy atom. The zero-order chi connectivity index (χ0) is 11.2. The third-order valence-electron chi connectivity index (χ3n) is 4.11. The van der Waals surface area contributed by atoms with Crippen molar-refractivity contribution in [1.29, 1.82) is 0 Å². The van der Waals surface area contributed by atoms with E-state index in [4.69, 9.17) is 0 Å². The van der Waals surface area contributed by atoms with Gasteiger partial charge >= 0.3 is 0 Å². The molecule has 1 aromatic carbocycles. The first-order chi connectivity index (χ1) is 7.74. The van der Waals surface area contributed by atoms with Gasteiger partial charge in [0.2, 0.25) is 5.91 Å². The van der Waals surface area contributed by atoms with Gasteiger partial charge in [-0.25, -0.2) is 4.39 Å². The second-order valence-corrected chi connectivity index (χ2v) is 4.79. The summed E-state index contributed by atoms with van der Waals surface area (Å²) in [5, 5.41) is 2.88. The average molecular weight is 219 g/mol. The third-order valence-corrected chi connectivity index (χ3v) is 4.11. The number of hydrogen-bond acceptors (Lipinski definition) is 1. The molecule has 0 aromatic heterocycles. The van der Waals surface area contributed by atoms with Gasteiger partial charge in [-0.1, -0.05) is 24.6 Å². The summed E-state index contributed by atoms with van der Waals surface area (Å²) in [6.07, 6.45) is 2.88. The standard InChI is InChI=1S/C13H14FNO/c14-11-5-2-1-4-9(11)10-8-15-12(16)13(10)6-3-7-13/h1-2,4-5,10H,3,6-8H2,(H,15,16)/t10-/m1/s1. The molecule has 2 fully saturated rings. The summed E-state index contributed by atoms with van der Waals surface area (Å²) in [7, 11) is 0. The fourth-order valence-electron chi connectivity index (χ4n) is 3.02. The summed E-state index contributed by atoms with van der Waals surface area (Å²) >= 11 is 0. The average Bonchev–Trinajstić information content (AvgIpc) is 2.56. The molecule has 16 heavy (non-hydrogen) atoms. The van der Waals surface area contributed by atoms with Crippen LogP contribution in [-0.2, 0) is 4.79 Å². The van der Waals surface area contributed by atoms with Crippen molar-refractivity contribution in [3.63, 3.8) is 0 Å². The zero-order valence-corrected chi connectivity index (χ0v) is 9.00. The monoisotopic (exact) mass is 219 g/mol. The second-order valence-electron chi connectivity index (χ2n) is 4.79. The Morgan fingerprint density at radius 2 is 2.06 bits per heavy atom. The number of benzene rings is 1. The van der Waals surface area contributed by atoms with Gasteiger partial charge in [-0.3, -0.25) is 4.79 Å². The molecule has 1 aliphatic heterocycles. The fraction of sp³-hybridized carbons (Fsp3) is 0.462. The van der Waals surface area contributed by atoms with Crippen molar-refractivity contribution >= 4 is 5.91 Å². The van der Waals surface area contributed by atoms with Crippen LogP contribution >= 0.6 is 0 Å².